The minimum atomic E-state index is -1.38. The molecule has 1 aromatic carbocycles. The Labute approximate surface area is 131 Å². The Hall–Kier alpha value is -2.16. The van der Waals surface area contributed by atoms with E-state index in [1.54, 1.807) is 0 Å². The van der Waals surface area contributed by atoms with Crippen LogP contribution in [-0.4, -0.2) is 48.1 Å². The Balaban J connectivity index is 1.84. The van der Waals surface area contributed by atoms with Crippen LogP contribution in [0.15, 0.2) is 35.4 Å². The van der Waals surface area contributed by atoms with Gasteiger partial charge in [-0.1, -0.05) is 35.4 Å². The van der Waals surface area contributed by atoms with E-state index in [1.807, 2.05) is 30.3 Å². The molecular weight excluding hydrogens is 304 g/mol. The maximum absolute atomic E-state index is 11.4. The Morgan fingerprint density at radius 1 is 1.35 bits per heavy atom. The zero-order valence-corrected chi connectivity index (χ0v) is 12.1. The lowest BCUT2D eigenvalue weighted by Crippen LogP contribution is -2.63. The highest BCUT2D eigenvalue weighted by Crippen LogP contribution is 2.35. The van der Waals surface area contributed by atoms with E-state index in [2.05, 4.69) is 10.0 Å². The average molecular weight is 320 g/mol. The molecule has 2 fully saturated rings. The zero-order chi connectivity index (χ0) is 16.4. The molecule has 9 nitrogen and oxygen atoms in total. The average Bonchev–Trinajstić information content (AvgIpc) is 2.57. The van der Waals surface area contributed by atoms with Crippen molar-refractivity contribution in [2.45, 2.75) is 36.7 Å². The maximum Gasteiger partial charge on any atom is 0.249 e. The molecule has 2 saturated heterocycles. The molecule has 9 heteroatoms. The molecule has 1 unspecified atom stereocenters. The summed E-state index contributed by atoms with van der Waals surface area (Å²) in [6.07, 6.45) is -4.72. The molecular formula is C14H16N4O5. The fraction of sp³-hybridized carbons (Fsp3) is 0.500. The predicted molar refractivity (Wildman–Crippen MR) is 76.8 cm³/mol. The van der Waals surface area contributed by atoms with E-state index in [-0.39, 0.29) is 6.61 Å². The van der Waals surface area contributed by atoms with Crippen molar-refractivity contribution in [1.82, 2.24) is 0 Å². The Bertz CT molecular complexity index is 621. The van der Waals surface area contributed by atoms with Crippen molar-refractivity contribution in [2.24, 2.45) is 10.8 Å². The number of aliphatic hydroxyl groups excluding tert-OH is 1. The van der Waals surface area contributed by atoms with E-state index in [0.29, 0.717) is 0 Å². The van der Waals surface area contributed by atoms with E-state index in [9.17, 15) is 9.90 Å². The van der Waals surface area contributed by atoms with E-state index < -0.39 is 42.7 Å². The number of primary amides is 1. The third kappa shape index (κ3) is 3.00. The van der Waals surface area contributed by atoms with Crippen LogP contribution in [0.5, 0.6) is 0 Å². The molecule has 0 radical (unpaired) electrons. The number of fused-ring (bicyclic) bond motifs is 1. The second kappa shape index (κ2) is 6.53. The Morgan fingerprint density at radius 2 is 2.09 bits per heavy atom. The SMILES string of the molecule is [N-]=[N+]=N[C@@H]1[C@@H](O)[C@H](C(N)=O)O[C@@H]2COC(c3ccccc3)O[C@H]12. The fourth-order valence-corrected chi connectivity index (χ4v) is 2.82. The zero-order valence-electron chi connectivity index (χ0n) is 12.1. The number of carbonyl (C=O) groups excluding carboxylic acids is 1. The summed E-state index contributed by atoms with van der Waals surface area (Å²) in [4.78, 5) is 14.1. The molecule has 0 aliphatic carbocycles. The molecule has 0 saturated carbocycles. The molecule has 2 aliphatic rings. The van der Waals surface area contributed by atoms with Gasteiger partial charge in [0.25, 0.3) is 0 Å². The number of amides is 1. The van der Waals surface area contributed by atoms with Crippen molar-refractivity contribution < 1.29 is 24.1 Å². The number of ether oxygens (including phenoxy) is 3. The van der Waals surface area contributed by atoms with Gasteiger partial charge >= 0.3 is 0 Å². The topological polar surface area (TPSA) is 140 Å². The van der Waals surface area contributed by atoms with Crippen LogP contribution in [0.1, 0.15) is 11.9 Å². The van der Waals surface area contributed by atoms with Crippen LogP contribution in [0.25, 0.3) is 10.4 Å². The summed E-state index contributed by atoms with van der Waals surface area (Å²) >= 11 is 0. The minimum absolute atomic E-state index is 0.123. The number of azide groups is 1. The summed E-state index contributed by atoms with van der Waals surface area (Å²) < 4.78 is 16.9. The van der Waals surface area contributed by atoms with E-state index in [0.717, 1.165) is 5.56 Å². The highest BCUT2D eigenvalue weighted by Gasteiger charge is 2.50. The number of rotatable bonds is 3. The van der Waals surface area contributed by atoms with Crippen molar-refractivity contribution in [3.8, 4) is 0 Å². The number of hydrogen-bond acceptors (Lipinski definition) is 6. The van der Waals surface area contributed by atoms with Crippen molar-refractivity contribution >= 4 is 5.91 Å². The smallest absolute Gasteiger partial charge is 0.249 e. The van der Waals surface area contributed by atoms with Crippen LogP contribution in [0, 0.1) is 0 Å². The first-order valence-corrected chi connectivity index (χ1v) is 7.11. The van der Waals surface area contributed by atoms with E-state index in [1.165, 1.54) is 0 Å². The van der Waals surface area contributed by atoms with Gasteiger partial charge in [-0.15, -0.1) is 0 Å². The first-order chi connectivity index (χ1) is 11.1. The largest absolute Gasteiger partial charge is 0.389 e. The summed E-state index contributed by atoms with van der Waals surface area (Å²) in [6, 6.07) is 8.22. The maximum atomic E-state index is 11.4. The van der Waals surface area contributed by atoms with Gasteiger partial charge in [-0.3, -0.25) is 4.79 Å². The highest BCUT2D eigenvalue weighted by atomic mass is 16.7. The summed E-state index contributed by atoms with van der Waals surface area (Å²) in [5.41, 5.74) is 14.7. The van der Waals surface area contributed by atoms with Crippen molar-refractivity contribution in [1.29, 1.82) is 0 Å². The molecule has 23 heavy (non-hydrogen) atoms. The second-order valence-corrected chi connectivity index (χ2v) is 5.36. The van der Waals surface area contributed by atoms with Crippen LogP contribution in [0.2, 0.25) is 0 Å². The standard InChI is InChI=1S/C14H16N4O5/c15-13(20)12-10(19)9(17-18-16)11-8(22-12)6-21-14(23-11)7-4-2-1-3-5-7/h1-5,8-12,14,19H,6H2,(H2,15,20)/t8-,9-,10-,11+,12-,14?/m1/s1. The quantitative estimate of drug-likeness (QED) is 0.471. The number of nitrogens with two attached hydrogens (primary N) is 1. The number of hydrogen-bond donors (Lipinski definition) is 2. The molecule has 3 N–H and O–H groups in total. The highest BCUT2D eigenvalue weighted by molar-refractivity contribution is 5.79. The Kier molecular flexibility index (Phi) is 4.46. The van der Waals surface area contributed by atoms with Crippen LogP contribution in [-0.2, 0) is 19.0 Å². The number of nitrogens with zero attached hydrogens (tertiary/aromatic N) is 3. The summed E-state index contributed by atoms with van der Waals surface area (Å²) in [5, 5.41) is 13.8. The van der Waals surface area contributed by atoms with Crippen molar-refractivity contribution in [3.05, 3.63) is 46.3 Å². The van der Waals surface area contributed by atoms with Crippen LogP contribution in [0.3, 0.4) is 0 Å². The van der Waals surface area contributed by atoms with Gasteiger partial charge in [0.1, 0.15) is 18.3 Å². The number of carbonyl (C=O) groups is 1. The van der Waals surface area contributed by atoms with Gasteiger partial charge in [-0.2, -0.15) is 0 Å². The van der Waals surface area contributed by atoms with Gasteiger partial charge in [0.15, 0.2) is 12.4 Å². The molecule has 2 heterocycles. The van der Waals surface area contributed by atoms with Crippen molar-refractivity contribution in [3.63, 3.8) is 0 Å². The van der Waals surface area contributed by atoms with Crippen LogP contribution >= 0.6 is 0 Å². The lowest BCUT2D eigenvalue weighted by atomic mass is 9.92. The van der Waals surface area contributed by atoms with Gasteiger partial charge in [-0.05, 0) is 5.53 Å². The van der Waals surface area contributed by atoms with Gasteiger partial charge in [0.05, 0.1) is 12.6 Å². The summed E-state index contributed by atoms with van der Waals surface area (Å²) in [6.45, 7) is 0.123. The van der Waals surface area contributed by atoms with E-state index in [4.69, 9.17) is 25.5 Å². The molecule has 0 bridgehead atoms. The molecule has 3 rings (SSSR count). The summed E-state index contributed by atoms with van der Waals surface area (Å²) in [7, 11) is 0. The molecule has 0 aromatic heterocycles. The first-order valence-electron chi connectivity index (χ1n) is 7.11. The molecule has 6 atom stereocenters. The minimum Gasteiger partial charge on any atom is -0.389 e. The number of aliphatic hydroxyl groups is 1. The van der Waals surface area contributed by atoms with Gasteiger partial charge < -0.3 is 25.1 Å². The van der Waals surface area contributed by atoms with Gasteiger partial charge in [-0.25, -0.2) is 0 Å². The first kappa shape index (κ1) is 15.7. The summed E-state index contributed by atoms with van der Waals surface area (Å²) in [5.74, 6) is -0.834. The molecule has 0 spiro atoms. The van der Waals surface area contributed by atoms with Gasteiger partial charge in [0, 0.05) is 10.5 Å². The normalized spacial score (nSPS) is 36.6. The molecule has 1 aromatic rings. The van der Waals surface area contributed by atoms with Crippen LogP contribution < -0.4 is 5.73 Å². The van der Waals surface area contributed by atoms with Crippen molar-refractivity contribution in [2.75, 3.05) is 6.61 Å². The second-order valence-electron chi connectivity index (χ2n) is 5.36. The lowest BCUT2D eigenvalue weighted by Gasteiger charge is -2.46. The third-order valence-electron chi connectivity index (χ3n) is 3.91. The lowest BCUT2D eigenvalue weighted by molar-refractivity contribution is -0.302. The Morgan fingerprint density at radius 3 is 2.74 bits per heavy atom. The van der Waals surface area contributed by atoms with Crippen LogP contribution in [0.4, 0.5) is 0 Å². The van der Waals surface area contributed by atoms with Gasteiger partial charge in [0.2, 0.25) is 5.91 Å². The monoisotopic (exact) mass is 320 g/mol. The van der Waals surface area contributed by atoms with E-state index >= 15 is 0 Å². The third-order valence-corrected chi connectivity index (χ3v) is 3.91. The molecule has 122 valence electrons. The molecule has 1 amide bonds. The molecule has 2 aliphatic heterocycles. The number of benzene rings is 1. The predicted octanol–water partition coefficient (Wildman–Crippen LogP) is 0.393. The fourth-order valence-electron chi connectivity index (χ4n) is 2.82.